The van der Waals surface area contributed by atoms with Gasteiger partial charge < -0.3 is 10.3 Å². The molecule has 17 heavy (non-hydrogen) atoms. The summed E-state index contributed by atoms with van der Waals surface area (Å²) in [5, 5.41) is 3.42. The molecule has 3 rings (SSSR count). The van der Waals surface area contributed by atoms with E-state index in [9.17, 15) is 0 Å². The van der Waals surface area contributed by atoms with Gasteiger partial charge in [-0.05, 0) is 51.6 Å². The van der Waals surface area contributed by atoms with Crippen molar-refractivity contribution in [1.29, 1.82) is 0 Å². The van der Waals surface area contributed by atoms with Crippen LogP contribution in [0.1, 0.15) is 55.2 Å². The fourth-order valence-electron chi connectivity index (χ4n) is 3.07. The lowest BCUT2D eigenvalue weighted by molar-refractivity contribution is 0.367. The first kappa shape index (κ1) is 11.3. The number of hydrogen-bond donors (Lipinski definition) is 2. The Balaban J connectivity index is 1.66. The summed E-state index contributed by atoms with van der Waals surface area (Å²) in [4.78, 5) is 8.36. The van der Waals surface area contributed by atoms with Crippen molar-refractivity contribution in [1.82, 2.24) is 15.3 Å². The number of aromatic amines is 1. The number of aromatic nitrogens is 2. The molecule has 0 bridgehead atoms. The van der Waals surface area contributed by atoms with Crippen molar-refractivity contribution in [2.45, 2.75) is 51.4 Å². The van der Waals surface area contributed by atoms with Crippen LogP contribution in [0.5, 0.6) is 0 Å². The third-order valence-corrected chi connectivity index (χ3v) is 4.40. The van der Waals surface area contributed by atoms with E-state index < -0.39 is 0 Å². The molecule has 0 aromatic carbocycles. The van der Waals surface area contributed by atoms with Crippen LogP contribution in [0.2, 0.25) is 0 Å². The topological polar surface area (TPSA) is 40.7 Å². The summed E-state index contributed by atoms with van der Waals surface area (Å²) >= 11 is 0. The van der Waals surface area contributed by atoms with Crippen molar-refractivity contribution in [2.75, 3.05) is 13.1 Å². The highest BCUT2D eigenvalue weighted by Crippen LogP contribution is 2.37. The molecule has 1 saturated heterocycles. The van der Waals surface area contributed by atoms with Crippen molar-refractivity contribution >= 4 is 0 Å². The molecule has 0 atom stereocenters. The monoisotopic (exact) mass is 233 g/mol. The van der Waals surface area contributed by atoms with E-state index in [-0.39, 0.29) is 0 Å². The van der Waals surface area contributed by atoms with Crippen LogP contribution in [0.3, 0.4) is 0 Å². The maximum atomic E-state index is 4.85. The van der Waals surface area contributed by atoms with E-state index in [0.29, 0.717) is 0 Å². The number of nitrogens with one attached hydrogen (secondary N) is 2. The number of hydrogen-bond acceptors (Lipinski definition) is 2. The minimum absolute atomic E-state index is 0.757. The van der Waals surface area contributed by atoms with Gasteiger partial charge in [0.2, 0.25) is 0 Å². The quantitative estimate of drug-likeness (QED) is 0.842. The molecule has 3 heteroatoms. The summed E-state index contributed by atoms with van der Waals surface area (Å²) in [5.74, 6) is 2.82. The summed E-state index contributed by atoms with van der Waals surface area (Å²) in [7, 11) is 0. The summed E-state index contributed by atoms with van der Waals surface area (Å²) < 4.78 is 0. The second-order valence-corrected chi connectivity index (χ2v) is 5.72. The summed E-state index contributed by atoms with van der Waals surface area (Å²) in [6.07, 6.45) is 7.84. The van der Waals surface area contributed by atoms with Gasteiger partial charge in [-0.2, -0.15) is 0 Å². The Morgan fingerprint density at radius 2 is 1.94 bits per heavy atom. The largest absolute Gasteiger partial charge is 0.346 e. The standard InChI is InChI=1S/C14H23N3/c1-10-14(12-3-2-4-12)17-13(16-10)9-11-5-7-15-8-6-11/h11-12,15H,2-9H2,1H3,(H,16,17). The van der Waals surface area contributed by atoms with E-state index >= 15 is 0 Å². The molecule has 0 unspecified atom stereocenters. The number of nitrogens with zero attached hydrogens (tertiary/aromatic N) is 1. The normalized spacial score (nSPS) is 22.6. The molecule has 0 amide bonds. The highest BCUT2D eigenvalue weighted by molar-refractivity contribution is 5.20. The van der Waals surface area contributed by atoms with E-state index in [1.54, 1.807) is 0 Å². The van der Waals surface area contributed by atoms with Crippen LogP contribution in [-0.4, -0.2) is 23.1 Å². The molecular weight excluding hydrogens is 210 g/mol. The average Bonchev–Trinajstić information content (AvgIpc) is 2.59. The zero-order valence-corrected chi connectivity index (χ0v) is 10.8. The van der Waals surface area contributed by atoms with Gasteiger partial charge in [0.1, 0.15) is 5.82 Å². The predicted molar refractivity (Wildman–Crippen MR) is 69.2 cm³/mol. The van der Waals surface area contributed by atoms with Crippen molar-refractivity contribution < 1.29 is 0 Å². The Morgan fingerprint density at radius 1 is 1.18 bits per heavy atom. The Morgan fingerprint density at radius 3 is 2.59 bits per heavy atom. The van der Waals surface area contributed by atoms with Gasteiger partial charge in [0.25, 0.3) is 0 Å². The molecule has 2 heterocycles. The van der Waals surface area contributed by atoms with Crippen LogP contribution in [-0.2, 0) is 6.42 Å². The number of piperidine rings is 1. The zero-order valence-electron chi connectivity index (χ0n) is 10.8. The van der Waals surface area contributed by atoms with E-state index in [1.165, 1.54) is 62.4 Å². The lowest BCUT2D eigenvalue weighted by Crippen LogP contribution is -2.28. The van der Waals surface area contributed by atoms with Crippen molar-refractivity contribution in [2.24, 2.45) is 5.92 Å². The molecule has 1 aliphatic carbocycles. The van der Waals surface area contributed by atoms with Gasteiger partial charge in [-0.15, -0.1) is 0 Å². The van der Waals surface area contributed by atoms with Crippen molar-refractivity contribution in [3.05, 3.63) is 17.2 Å². The van der Waals surface area contributed by atoms with E-state index in [4.69, 9.17) is 4.98 Å². The molecule has 3 nitrogen and oxygen atoms in total. The van der Waals surface area contributed by atoms with Gasteiger partial charge in [0.05, 0.1) is 5.69 Å². The van der Waals surface area contributed by atoms with Crippen LogP contribution >= 0.6 is 0 Å². The Hall–Kier alpha value is -0.830. The van der Waals surface area contributed by atoms with Gasteiger partial charge in [-0.3, -0.25) is 0 Å². The van der Waals surface area contributed by atoms with E-state index in [0.717, 1.165) is 18.3 Å². The molecule has 94 valence electrons. The highest BCUT2D eigenvalue weighted by atomic mass is 14.9. The van der Waals surface area contributed by atoms with Gasteiger partial charge in [0.15, 0.2) is 0 Å². The first-order valence-electron chi connectivity index (χ1n) is 7.09. The van der Waals surface area contributed by atoms with E-state index in [1.807, 2.05) is 0 Å². The van der Waals surface area contributed by atoms with Gasteiger partial charge in [-0.25, -0.2) is 4.98 Å². The molecule has 2 aliphatic rings. The maximum Gasteiger partial charge on any atom is 0.106 e. The number of H-pyrrole nitrogens is 1. The molecule has 1 saturated carbocycles. The smallest absolute Gasteiger partial charge is 0.106 e. The minimum atomic E-state index is 0.757. The third kappa shape index (κ3) is 2.39. The molecular formula is C14H23N3. The van der Waals surface area contributed by atoms with Crippen molar-refractivity contribution in [3.63, 3.8) is 0 Å². The molecule has 1 aliphatic heterocycles. The highest BCUT2D eigenvalue weighted by Gasteiger charge is 2.25. The van der Waals surface area contributed by atoms with E-state index in [2.05, 4.69) is 17.2 Å². The van der Waals surface area contributed by atoms with Crippen LogP contribution in [0, 0.1) is 12.8 Å². The minimum Gasteiger partial charge on any atom is -0.346 e. The summed E-state index contributed by atoms with van der Waals surface area (Å²) in [5.41, 5.74) is 2.68. The maximum absolute atomic E-state index is 4.85. The summed E-state index contributed by atoms with van der Waals surface area (Å²) in [6.45, 7) is 4.55. The molecule has 1 aromatic rings. The first-order chi connectivity index (χ1) is 8.33. The second-order valence-electron chi connectivity index (χ2n) is 5.72. The number of aryl methyl sites for hydroxylation is 1. The van der Waals surface area contributed by atoms with Crippen LogP contribution in [0.15, 0.2) is 0 Å². The first-order valence-corrected chi connectivity index (χ1v) is 7.09. The van der Waals surface area contributed by atoms with Gasteiger partial charge >= 0.3 is 0 Å². The number of imidazole rings is 1. The zero-order chi connectivity index (χ0) is 11.7. The molecule has 0 radical (unpaired) electrons. The Labute approximate surface area is 103 Å². The fraction of sp³-hybridized carbons (Fsp3) is 0.786. The summed E-state index contributed by atoms with van der Waals surface area (Å²) in [6, 6.07) is 0. The molecule has 1 aromatic heterocycles. The molecule has 0 spiro atoms. The molecule has 2 fully saturated rings. The van der Waals surface area contributed by atoms with Gasteiger partial charge in [-0.1, -0.05) is 6.42 Å². The van der Waals surface area contributed by atoms with Gasteiger partial charge in [0, 0.05) is 18.0 Å². The fourth-order valence-corrected chi connectivity index (χ4v) is 3.07. The third-order valence-electron chi connectivity index (χ3n) is 4.40. The van der Waals surface area contributed by atoms with Crippen LogP contribution < -0.4 is 5.32 Å². The predicted octanol–water partition coefficient (Wildman–Crippen LogP) is 2.53. The van der Waals surface area contributed by atoms with Crippen molar-refractivity contribution in [3.8, 4) is 0 Å². The average molecular weight is 233 g/mol. The lowest BCUT2D eigenvalue weighted by Gasteiger charge is -2.24. The van der Waals surface area contributed by atoms with Crippen LogP contribution in [0.4, 0.5) is 0 Å². The second kappa shape index (κ2) is 4.81. The Bertz CT molecular complexity index is 373. The number of rotatable bonds is 3. The van der Waals surface area contributed by atoms with Crippen LogP contribution in [0.25, 0.3) is 0 Å². The Kier molecular flexibility index (Phi) is 3.19. The lowest BCUT2D eigenvalue weighted by atomic mass is 9.82. The molecule has 2 N–H and O–H groups in total. The SMILES string of the molecule is Cc1[nH]c(CC2CCNCC2)nc1C1CCC1.